The predicted molar refractivity (Wildman–Crippen MR) is 96.7 cm³/mol. The number of rotatable bonds is 7. The maximum Gasteiger partial charge on any atom is 0.235 e. The van der Waals surface area contributed by atoms with Gasteiger partial charge in [-0.05, 0) is 30.5 Å². The van der Waals surface area contributed by atoms with Gasteiger partial charge in [-0.2, -0.15) is 0 Å². The summed E-state index contributed by atoms with van der Waals surface area (Å²) in [5.74, 6) is 0.108. The molecule has 0 aliphatic rings. The monoisotopic (exact) mass is 345 g/mol. The van der Waals surface area contributed by atoms with E-state index in [9.17, 15) is 9.00 Å². The summed E-state index contributed by atoms with van der Waals surface area (Å²) in [6.07, 6.45) is 0. The van der Waals surface area contributed by atoms with Crippen molar-refractivity contribution in [1.29, 1.82) is 0 Å². The standard InChI is InChI=1S/C19H23NO3S/c1-14(18-6-4-3-5-7-18)20-19(22)15(2)24(23)13-17-10-8-16(12-21)9-11-17/h3-11,14-15,21H,12-13H2,1-2H3,(H,20,22). The van der Waals surface area contributed by atoms with Gasteiger partial charge < -0.3 is 10.4 Å². The summed E-state index contributed by atoms with van der Waals surface area (Å²) < 4.78 is 12.4. The molecule has 0 saturated carbocycles. The molecule has 2 N–H and O–H groups in total. The highest BCUT2D eigenvalue weighted by Gasteiger charge is 2.22. The molecule has 0 aromatic heterocycles. The van der Waals surface area contributed by atoms with Gasteiger partial charge in [-0.3, -0.25) is 9.00 Å². The van der Waals surface area contributed by atoms with Crippen molar-refractivity contribution < 1.29 is 14.1 Å². The van der Waals surface area contributed by atoms with Gasteiger partial charge in [0.25, 0.3) is 0 Å². The van der Waals surface area contributed by atoms with Gasteiger partial charge in [-0.15, -0.1) is 0 Å². The van der Waals surface area contributed by atoms with E-state index < -0.39 is 16.0 Å². The number of hydrogen-bond donors (Lipinski definition) is 2. The van der Waals surface area contributed by atoms with Crippen LogP contribution in [0.5, 0.6) is 0 Å². The Morgan fingerprint density at radius 3 is 2.21 bits per heavy atom. The number of aliphatic hydroxyl groups is 1. The molecule has 5 heteroatoms. The third kappa shape index (κ3) is 5.01. The zero-order chi connectivity index (χ0) is 17.5. The maximum atomic E-state index is 12.4. The highest BCUT2D eigenvalue weighted by Crippen LogP contribution is 2.14. The summed E-state index contributed by atoms with van der Waals surface area (Å²) in [4.78, 5) is 12.3. The van der Waals surface area contributed by atoms with Gasteiger partial charge in [0, 0.05) is 16.6 Å². The second-order valence-electron chi connectivity index (χ2n) is 5.78. The lowest BCUT2D eigenvalue weighted by atomic mass is 10.1. The molecule has 0 radical (unpaired) electrons. The van der Waals surface area contributed by atoms with Gasteiger partial charge in [0.05, 0.1) is 12.6 Å². The van der Waals surface area contributed by atoms with Crippen molar-refractivity contribution in [2.75, 3.05) is 0 Å². The predicted octanol–water partition coefficient (Wildman–Crippen LogP) is 2.69. The van der Waals surface area contributed by atoms with Crippen LogP contribution < -0.4 is 5.32 Å². The summed E-state index contributed by atoms with van der Waals surface area (Å²) in [7, 11) is -1.30. The first kappa shape index (κ1) is 18.4. The van der Waals surface area contributed by atoms with E-state index in [1.165, 1.54) is 0 Å². The molecule has 2 rings (SSSR count). The van der Waals surface area contributed by atoms with Crippen molar-refractivity contribution in [2.45, 2.75) is 37.5 Å². The topological polar surface area (TPSA) is 66.4 Å². The van der Waals surface area contributed by atoms with Crippen LogP contribution in [0.15, 0.2) is 54.6 Å². The third-order valence-corrected chi connectivity index (χ3v) is 5.56. The average Bonchev–Trinajstić information content (AvgIpc) is 2.62. The molecule has 0 saturated heterocycles. The molecule has 0 bridgehead atoms. The highest BCUT2D eigenvalue weighted by atomic mass is 32.2. The van der Waals surface area contributed by atoms with Crippen LogP contribution in [0.4, 0.5) is 0 Å². The lowest BCUT2D eigenvalue weighted by Gasteiger charge is -2.18. The summed E-state index contributed by atoms with van der Waals surface area (Å²) in [5, 5.41) is 11.4. The summed E-state index contributed by atoms with van der Waals surface area (Å²) in [6.45, 7) is 3.58. The smallest absolute Gasteiger partial charge is 0.235 e. The fourth-order valence-electron chi connectivity index (χ4n) is 2.31. The van der Waals surface area contributed by atoms with E-state index >= 15 is 0 Å². The number of carbonyl (C=O) groups excluding carboxylic acids is 1. The van der Waals surface area contributed by atoms with Crippen LogP contribution in [-0.4, -0.2) is 20.5 Å². The first-order chi connectivity index (χ1) is 11.5. The summed E-state index contributed by atoms with van der Waals surface area (Å²) >= 11 is 0. The molecule has 4 nitrogen and oxygen atoms in total. The van der Waals surface area contributed by atoms with Crippen molar-refractivity contribution in [2.24, 2.45) is 0 Å². The van der Waals surface area contributed by atoms with Gasteiger partial charge in [0.15, 0.2) is 0 Å². The number of benzene rings is 2. The zero-order valence-corrected chi connectivity index (χ0v) is 14.8. The second-order valence-corrected chi connectivity index (χ2v) is 7.54. The van der Waals surface area contributed by atoms with Gasteiger partial charge >= 0.3 is 0 Å². The van der Waals surface area contributed by atoms with Gasteiger partial charge in [-0.1, -0.05) is 54.6 Å². The Morgan fingerprint density at radius 1 is 1.04 bits per heavy atom. The number of amides is 1. The molecule has 2 aromatic carbocycles. The Labute approximate surface area is 145 Å². The molecular weight excluding hydrogens is 322 g/mol. The van der Waals surface area contributed by atoms with E-state index in [-0.39, 0.29) is 18.6 Å². The fraction of sp³-hybridized carbons (Fsp3) is 0.316. The average molecular weight is 345 g/mol. The molecule has 2 aromatic rings. The molecule has 3 unspecified atom stereocenters. The number of nitrogens with one attached hydrogen (secondary N) is 1. The maximum absolute atomic E-state index is 12.4. The van der Waals surface area contributed by atoms with Gasteiger partial charge in [0.2, 0.25) is 5.91 Å². The van der Waals surface area contributed by atoms with Crippen molar-refractivity contribution in [3.63, 3.8) is 0 Å². The summed E-state index contributed by atoms with van der Waals surface area (Å²) in [5.41, 5.74) is 2.72. The molecule has 0 heterocycles. The van der Waals surface area contributed by atoms with Crippen LogP contribution in [0.3, 0.4) is 0 Å². The van der Waals surface area contributed by atoms with Gasteiger partial charge in [-0.25, -0.2) is 0 Å². The molecule has 0 fully saturated rings. The summed E-state index contributed by atoms with van der Waals surface area (Å²) in [6, 6.07) is 16.8. The van der Waals surface area contributed by atoms with Crippen LogP contribution >= 0.6 is 0 Å². The van der Waals surface area contributed by atoms with E-state index in [1.54, 1.807) is 19.1 Å². The Hall–Kier alpha value is -1.98. The molecule has 24 heavy (non-hydrogen) atoms. The van der Waals surface area contributed by atoms with E-state index in [1.807, 2.05) is 49.4 Å². The van der Waals surface area contributed by atoms with Crippen LogP contribution in [0.2, 0.25) is 0 Å². The minimum absolute atomic E-state index is 0.0143. The normalized spacial score (nSPS) is 14.6. The minimum Gasteiger partial charge on any atom is -0.392 e. The van der Waals surface area contributed by atoms with Crippen molar-refractivity contribution in [3.05, 3.63) is 71.3 Å². The molecule has 3 atom stereocenters. The van der Waals surface area contributed by atoms with Crippen molar-refractivity contribution in [1.82, 2.24) is 5.32 Å². The van der Waals surface area contributed by atoms with E-state index in [4.69, 9.17) is 5.11 Å². The Morgan fingerprint density at radius 2 is 1.62 bits per heavy atom. The van der Waals surface area contributed by atoms with E-state index in [2.05, 4.69) is 5.32 Å². The number of hydrogen-bond acceptors (Lipinski definition) is 3. The largest absolute Gasteiger partial charge is 0.392 e. The number of carbonyl (C=O) groups is 1. The molecule has 1 amide bonds. The Kier molecular flexibility index (Phi) is 6.70. The first-order valence-electron chi connectivity index (χ1n) is 7.92. The zero-order valence-electron chi connectivity index (χ0n) is 13.9. The molecule has 128 valence electrons. The second kappa shape index (κ2) is 8.76. The quantitative estimate of drug-likeness (QED) is 0.811. The molecule has 0 aliphatic carbocycles. The molecular formula is C19H23NO3S. The third-order valence-electron chi connectivity index (χ3n) is 3.94. The highest BCUT2D eigenvalue weighted by molar-refractivity contribution is 7.85. The van der Waals surface area contributed by atoms with Crippen LogP contribution in [0.25, 0.3) is 0 Å². The van der Waals surface area contributed by atoms with E-state index in [0.717, 1.165) is 16.7 Å². The van der Waals surface area contributed by atoms with E-state index in [0.29, 0.717) is 5.75 Å². The first-order valence-corrected chi connectivity index (χ1v) is 9.30. The Bertz CT molecular complexity index is 686. The Balaban J connectivity index is 1.92. The van der Waals surface area contributed by atoms with Gasteiger partial charge in [0.1, 0.15) is 5.25 Å². The minimum atomic E-state index is -1.30. The van der Waals surface area contributed by atoms with Crippen LogP contribution in [0, 0.1) is 0 Å². The lowest BCUT2D eigenvalue weighted by molar-refractivity contribution is -0.121. The SMILES string of the molecule is CC(NC(=O)C(C)S(=O)Cc1ccc(CO)cc1)c1ccccc1. The van der Waals surface area contributed by atoms with Crippen LogP contribution in [0.1, 0.15) is 36.6 Å². The molecule has 0 aliphatic heterocycles. The van der Waals surface area contributed by atoms with Crippen molar-refractivity contribution in [3.8, 4) is 0 Å². The van der Waals surface area contributed by atoms with Crippen LogP contribution in [-0.2, 0) is 28.0 Å². The fourth-order valence-corrected chi connectivity index (χ4v) is 3.38. The lowest BCUT2D eigenvalue weighted by Crippen LogP contribution is -2.37. The van der Waals surface area contributed by atoms with Crippen molar-refractivity contribution >= 4 is 16.7 Å². The molecule has 0 spiro atoms. The number of aliphatic hydroxyl groups excluding tert-OH is 1.